The lowest BCUT2D eigenvalue weighted by molar-refractivity contribution is -0.141. The van der Waals surface area contributed by atoms with Crippen LogP contribution in [-0.2, 0) is 17.5 Å². The Labute approximate surface area is 158 Å². The standard InChI is InChI=1S/C16H15F4N5O.ClH/c17-11-3-4-21-14(11)15(26)23-7-10-5-12(25-8-24-10)9-1-2-13(22-6-9)16(18,19)20;/h1-2,5-6,8,11,14,21H,3-4,7H2,(H,23,26);1H. The number of carbonyl (C=O) groups excluding carboxylic acids is 1. The van der Waals surface area contributed by atoms with Gasteiger partial charge in [0.25, 0.3) is 0 Å². The molecule has 3 heterocycles. The number of hydrogen-bond acceptors (Lipinski definition) is 5. The van der Waals surface area contributed by atoms with Crippen molar-refractivity contribution < 1.29 is 22.4 Å². The monoisotopic (exact) mass is 405 g/mol. The first-order valence-electron chi connectivity index (χ1n) is 7.84. The van der Waals surface area contributed by atoms with E-state index in [1.807, 2.05) is 0 Å². The first kappa shape index (κ1) is 21.0. The van der Waals surface area contributed by atoms with Gasteiger partial charge in [0.1, 0.15) is 24.2 Å². The topological polar surface area (TPSA) is 79.8 Å². The fourth-order valence-electron chi connectivity index (χ4n) is 2.58. The molecule has 1 saturated heterocycles. The smallest absolute Gasteiger partial charge is 0.349 e. The Bertz CT molecular complexity index is 787. The third kappa shape index (κ3) is 5.10. The van der Waals surface area contributed by atoms with E-state index in [0.717, 1.165) is 12.3 Å². The van der Waals surface area contributed by atoms with Crippen molar-refractivity contribution in [1.82, 2.24) is 25.6 Å². The van der Waals surface area contributed by atoms with Crippen molar-refractivity contribution >= 4 is 18.3 Å². The van der Waals surface area contributed by atoms with Gasteiger partial charge in [0.15, 0.2) is 0 Å². The highest BCUT2D eigenvalue weighted by molar-refractivity contribution is 5.85. The molecule has 3 rings (SSSR count). The maximum Gasteiger partial charge on any atom is 0.433 e. The average molecular weight is 406 g/mol. The number of nitrogens with zero attached hydrogens (tertiary/aromatic N) is 3. The lowest BCUT2D eigenvalue weighted by atomic mass is 10.1. The normalized spacial score (nSPS) is 19.4. The highest BCUT2D eigenvalue weighted by atomic mass is 35.5. The molecule has 1 amide bonds. The van der Waals surface area contributed by atoms with Gasteiger partial charge in [-0.1, -0.05) is 0 Å². The van der Waals surface area contributed by atoms with E-state index < -0.39 is 30.0 Å². The summed E-state index contributed by atoms with van der Waals surface area (Å²) in [5.74, 6) is -0.466. The van der Waals surface area contributed by atoms with Crippen molar-refractivity contribution in [3.8, 4) is 11.3 Å². The molecular formula is C16H16ClF4N5O. The van der Waals surface area contributed by atoms with Crippen LogP contribution in [0, 0.1) is 0 Å². The quantitative estimate of drug-likeness (QED) is 0.763. The second-order valence-corrected chi connectivity index (χ2v) is 5.78. The first-order valence-corrected chi connectivity index (χ1v) is 7.84. The molecule has 1 aliphatic heterocycles. The molecule has 0 bridgehead atoms. The molecule has 2 unspecified atom stereocenters. The zero-order chi connectivity index (χ0) is 18.7. The van der Waals surface area contributed by atoms with E-state index in [0.29, 0.717) is 23.5 Å². The third-order valence-corrected chi connectivity index (χ3v) is 3.95. The average Bonchev–Trinajstić information content (AvgIpc) is 3.05. The van der Waals surface area contributed by atoms with E-state index in [1.165, 1.54) is 18.5 Å². The number of alkyl halides is 4. The summed E-state index contributed by atoms with van der Waals surface area (Å²) in [7, 11) is 0. The molecular weight excluding hydrogens is 390 g/mol. The molecule has 2 aromatic heterocycles. The number of pyridine rings is 1. The molecule has 0 aliphatic carbocycles. The minimum Gasteiger partial charge on any atom is -0.349 e. The molecule has 0 aromatic carbocycles. The van der Waals surface area contributed by atoms with Crippen LogP contribution in [0.25, 0.3) is 11.3 Å². The predicted molar refractivity (Wildman–Crippen MR) is 90.7 cm³/mol. The Morgan fingerprint density at radius 1 is 1.26 bits per heavy atom. The Hall–Kier alpha value is -2.33. The lowest BCUT2D eigenvalue weighted by Crippen LogP contribution is -2.44. The van der Waals surface area contributed by atoms with Gasteiger partial charge >= 0.3 is 6.18 Å². The van der Waals surface area contributed by atoms with E-state index in [2.05, 4.69) is 25.6 Å². The van der Waals surface area contributed by atoms with Gasteiger partial charge in [0, 0.05) is 11.8 Å². The number of nitrogens with one attached hydrogen (secondary N) is 2. The van der Waals surface area contributed by atoms with Crippen LogP contribution in [0.2, 0.25) is 0 Å². The molecule has 0 radical (unpaired) electrons. The summed E-state index contributed by atoms with van der Waals surface area (Å²) in [5, 5.41) is 5.36. The molecule has 1 aliphatic rings. The highest BCUT2D eigenvalue weighted by Crippen LogP contribution is 2.28. The summed E-state index contributed by atoms with van der Waals surface area (Å²) < 4.78 is 51.2. The molecule has 2 atom stereocenters. The van der Waals surface area contributed by atoms with Gasteiger partial charge in [-0.05, 0) is 31.2 Å². The van der Waals surface area contributed by atoms with E-state index in [4.69, 9.17) is 0 Å². The lowest BCUT2D eigenvalue weighted by Gasteiger charge is -2.13. The number of hydrogen-bond donors (Lipinski definition) is 2. The molecule has 146 valence electrons. The Morgan fingerprint density at radius 3 is 2.63 bits per heavy atom. The Morgan fingerprint density at radius 2 is 2.04 bits per heavy atom. The van der Waals surface area contributed by atoms with Gasteiger partial charge in [-0.3, -0.25) is 9.78 Å². The zero-order valence-corrected chi connectivity index (χ0v) is 14.6. The van der Waals surface area contributed by atoms with Crippen LogP contribution in [-0.4, -0.2) is 39.6 Å². The van der Waals surface area contributed by atoms with Gasteiger partial charge in [-0.2, -0.15) is 13.2 Å². The number of rotatable bonds is 4. The predicted octanol–water partition coefficient (Wildman–Crippen LogP) is 2.30. The summed E-state index contributed by atoms with van der Waals surface area (Å²) in [6.45, 7) is 0.491. The Balaban J connectivity index is 0.00000261. The van der Waals surface area contributed by atoms with Crippen LogP contribution in [0.15, 0.2) is 30.7 Å². The third-order valence-electron chi connectivity index (χ3n) is 3.95. The maximum atomic E-state index is 13.5. The summed E-state index contributed by atoms with van der Waals surface area (Å²) >= 11 is 0. The van der Waals surface area contributed by atoms with Crippen LogP contribution >= 0.6 is 12.4 Å². The van der Waals surface area contributed by atoms with Gasteiger partial charge in [-0.25, -0.2) is 14.4 Å². The molecule has 0 saturated carbocycles. The number of carbonyl (C=O) groups is 1. The SMILES string of the molecule is Cl.O=C(NCc1cc(-c2ccc(C(F)(F)F)nc2)ncn1)C1NCCC1F. The molecule has 2 N–H and O–H groups in total. The van der Waals surface area contributed by atoms with E-state index in [-0.39, 0.29) is 25.4 Å². The van der Waals surface area contributed by atoms with Crippen LogP contribution in [0.3, 0.4) is 0 Å². The minimum absolute atomic E-state index is 0. The second kappa shape index (κ2) is 8.57. The van der Waals surface area contributed by atoms with E-state index in [9.17, 15) is 22.4 Å². The van der Waals surface area contributed by atoms with Crippen molar-refractivity contribution in [2.75, 3.05) is 6.54 Å². The van der Waals surface area contributed by atoms with Gasteiger partial charge in [-0.15, -0.1) is 12.4 Å². The van der Waals surface area contributed by atoms with Gasteiger partial charge < -0.3 is 10.6 Å². The van der Waals surface area contributed by atoms with Crippen molar-refractivity contribution in [2.24, 2.45) is 0 Å². The van der Waals surface area contributed by atoms with Crippen molar-refractivity contribution in [2.45, 2.75) is 31.4 Å². The maximum absolute atomic E-state index is 13.5. The number of amides is 1. The number of aromatic nitrogens is 3. The second-order valence-electron chi connectivity index (χ2n) is 5.78. The van der Waals surface area contributed by atoms with Crippen LogP contribution in [0.4, 0.5) is 17.6 Å². The molecule has 2 aromatic rings. The molecule has 6 nitrogen and oxygen atoms in total. The highest BCUT2D eigenvalue weighted by Gasteiger charge is 2.33. The van der Waals surface area contributed by atoms with Crippen LogP contribution in [0.1, 0.15) is 17.8 Å². The largest absolute Gasteiger partial charge is 0.433 e. The summed E-state index contributed by atoms with van der Waals surface area (Å²) in [5.41, 5.74) is 0.200. The molecule has 0 spiro atoms. The van der Waals surface area contributed by atoms with Gasteiger partial charge in [0.05, 0.1) is 17.9 Å². The molecule has 27 heavy (non-hydrogen) atoms. The first-order chi connectivity index (χ1) is 12.3. The van der Waals surface area contributed by atoms with Crippen molar-refractivity contribution in [1.29, 1.82) is 0 Å². The van der Waals surface area contributed by atoms with Gasteiger partial charge in [0.2, 0.25) is 5.91 Å². The van der Waals surface area contributed by atoms with Crippen LogP contribution < -0.4 is 10.6 Å². The fraction of sp³-hybridized carbons (Fsp3) is 0.375. The number of halogens is 5. The van der Waals surface area contributed by atoms with E-state index >= 15 is 0 Å². The van der Waals surface area contributed by atoms with Crippen molar-refractivity contribution in [3.63, 3.8) is 0 Å². The summed E-state index contributed by atoms with van der Waals surface area (Å²) in [6, 6.07) is 2.78. The van der Waals surface area contributed by atoms with Crippen molar-refractivity contribution in [3.05, 3.63) is 42.1 Å². The zero-order valence-electron chi connectivity index (χ0n) is 13.8. The fourth-order valence-corrected chi connectivity index (χ4v) is 2.58. The van der Waals surface area contributed by atoms with Crippen LogP contribution in [0.5, 0.6) is 0 Å². The van der Waals surface area contributed by atoms with E-state index in [1.54, 1.807) is 0 Å². The Kier molecular flexibility index (Phi) is 6.66. The molecule has 1 fully saturated rings. The summed E-state index contributed by atoms with van der Waals surface area (Å²) in [6.07, 6.45) is -3.14. The minimum atomic E-state index is -4.51. The summed E-state index contributed by atoms with van der Waals surface area (Å²) in [4.78, 5) is 23.3. The molecule has 11 heteroatoms.